The maximum absolute atomic E-state index is 15.5. The van der Waals surface area contributed by atoms with E-state index in [0.29, 0.717) is 17.2 Å². The van der Waals surface area contributed by atoms with Crippen LogP contribution in [0.15, 0.2) is 35.5 Å². The average Bonchev–Trinajstić information content (AvgIpc) is 3.22. The number of pyridine rings is 1. The van der Waals surface area contributed by atoms with Gasteiger partial charge in [0, 0.05) is 49.2 Å². The summed E-state index contributed by atoms with van der Waals surface area (Å²) in [5.41, 5.74) is -3.83. The number of hydrogen-bond acceptors (Lipinski definition) is 6. The minimum Gasteiger partial charge on any atom is -0.388 e. The predicted octanol–water partition coefficient (Wildman–Crippen LogP) is 6.23. The summed E-state index contributed by atoms with van der Waals surface area (Å²) in [6.45, 7) is 0.695. The Balaban J connectivity index is 1.92. The van der Waals surface area contributed by atoms with Gasteiger partial charge in [-0.05, 0) is 25.8 Å². The normalized spacial score (nSPS) is 24.2. The Morgan fingerprint density at radius 2 is 1.71 bits per heavy atom. The van der Waals surface area contributed by atoms with Crippen LogP contribution in [0.5, 0.6) is 0 Å². The second kappa shape index (κ2) is 10.6. The SMILES string of the molecule is CC1(O)CC(C(=O)N(c2cc(F)c(S(F)(F)(F)(F)F)cc2F)C(C(=O)NC2CCC(F)(F)CC2)c2cncc(F)c2)N(C#N)C1. The molecule has 2 heterocycles. The molecule has 1 saturated carbocycles. The van der Waals surface area contributed by atoms with Crippen LogP contribution in [-0.4, -0.2) is 57.0 Å². The topological polar surface area (TPSA) is 110 Å². The van der Waals surface area contributed by atoms with E-state index in [1.165, 1.54) is 6.92 Å². The van der Waals surface area contributed by atoms with Crippen molar-refractivity contribution in [1.29, 1.82) is 5.26 Å². The van der Waals surface area contributed by atoms with Crippen LogP contribution in [-0.2, 0) is 9.59 Å². The van der Waals surface area contributed by atoms with Crippen LogP contribution in [0.1, 0.15) is 50.6 Å². The van der Waals surface area contributed by atoms with E-state index in [0.717, 1.165) is 6.20 Å². The van der Waals surface area contributed by atoms with E-state index in [1.807, 2.05) is 0 Å². The third-order valence-corrected chi connectivity index (χ3v) is 8.60. The number of nitriles is 1. The first kappa shape index (κ1) is 34.1. The van der Waals surface area contributed by atoms with E-state index >= 15 is 4.39 Å². The molecule has 45 heavy (non-hydrogen) atoms. The van der Waals surface area contributed by atoms with Gasteiger partial charge in [0.1, 0.15) is 34.4 Å². The number of rotatable bonds is 7. The molecule has 2 aromatic rings. The van der Waals surface area contributed by atoms with Crippen molar-refractivity contribution in [2.45, 2.75) is 73.6 Å². The number of nitrogens with zero attached hydrogens (tertiary/aromatic N) is 4. The average molecular weight is 678 g/mol. The lowest BCUT2D eigenvalue weighted by Crippen LogP contribution is -2.52. The number of aromatic nitrogens is 1. The molecule has 1 saturated heterocycles. The van der Waals surface area contributed by atoms with Crippen molar-refractivity contribution in [3.05, 3.63) is 53.6 Å². The number of aliphatic hydroxyl groups is 1. The van der Waals surface area contributed by atoms with Gasteiger partial charge in [0.25, 0.3) is 5.91 Å². The molecule has 4 rings (SSSR count). The Kier molecular flexibility index (Phi) is 8.06. The fourth-order valence-electron chi connectivity index (χ4n) is 5.40. The third kappa shape index (κ3) is 7.54. The van der Waals surface area contributed by atoms with Gasteiger partial charge in [-0.1, -0.05) is 19.4 Å². The molecule has 0 spiro atoms. The van der Waals surface area contributed by atoms with Crippen molar-refractivity contribution < 1.29 is 56.1 Å². The molecule has 2 aliphatic rings. The minimum atomic E-state index is -10.9. The van der Waals surface area contributed by atoms with Crippen LogP contribution in [0.3, 0.4) is 0 Å². The molecule has 3 atom stereocenters. The summed E-state index contributed by atoms with van der Waals surface area (Å²) < 4.78 is 140. The molecule has 3 unspecified atom stereocenters. The summed E-state index contributed by atoms with van der Waals surface area (Å²) in [5, 5.41) is 22.4. The number of nitrogens with one attached hydrogen (secondary N) is 1. The Bertz CT molecular complexity index is 1560. The fourth-order valence-corrected chi connectivity index (χ4v) is 6.15. The first-order valence-corrected chi connectivity index (χ1v) is 15.1. The molecule has 19 heteroatoms. The highest BCUT2D eigenvalue weighted by molar-refractivity contribution is 8.45. The van der Waals surface area contributed by atoms with E-state index in [2.05, 4.69) is 10.3 Å². The van der Waals surface area contributed by atoms with Gasteiger partial charge >= 0.3 is 10.2 Å². The molecule has 0 bridgehead atoms. The number of alkyl halides is 2. The first-order chi connectivity index (χ1) is 20.4. The molecule has 1 aliphatic carbocycles. The Hall–Kier alpha value is -3.79. The number of halogens is 10. The molecule has 2 fully saturated rings. The van der Waals surface area contributed by atoms with Crippen molar-refractivity contribution in [3.63, 3.8) is 0 Å². The lowest BCUT2D eigenvalue weighted by molar-refractivity contribution is -0.129. The van der Waals surface area contributed by atoms with Crippen molar-refractivity contribution in [3.8, 4) is 6.19 Å². The number of anilines is 1. The summed E-state index contributed by atoms with van der Waals surface area (Å²) in [7, 11) is -10.9. The lowest BCUT2D eigenvalue weighted by Gasteiger charge is -2.41. The highest BCUT2D eigenvalue weighted by Gasteiger charge is 2.67. The van der Waals surface area contributed by atoms with Crippen LogP contribution in [0.25, 0.3) is 0 Å². The van der Waals surface area contributed by atoms with Crippen LogP contribution in [0.4, 0.5) is 47.1 Å². The van der Waals surface area contributed by atoms with Crippen LogP contribution < -0.4 is 10.2 Å². The molecule has 2 amide bonds. The van der Waals surface area contributed by atoms with Crippen molar-refractivity contribution in [2.75, 3.05) is 11.4 Å². The van der Waals surface area contributed by atoms with Gasteiger partial charge in [-0.2, -0.15) is 5.26 Å². The zero-order valence-electron chi connectivity index (χ0n) is 23.1. The number of β-amino-alcohol motifs (C(OH)–C–C–N with tert-alkyl or cyclic N) is 1. The zero-order chi connectivity index (χ0) is 33.8. The van der Waals surface area contributed by atoms with Crippen LogP contribution in [0.2, 0.25) is 0 Å². The number of benzene rings is 1. The first-order valence-electron chi connectivity index (χ1n) is 13.1. The van der Waals surface area contributed by atoms with Crippen molar-refractivity contribution >= 4 is 27.7 Å². The molecule has 1 aliphatic heterocycles. The van der Waals surface area contributed by atoms with Crippen molar-refractivity contribution in [2.24, 2.45) is 0 Å². The number of carbonyl (C=O) groups excluding carboxylic acids is 2. The molecular weight excluding hydrogens is 652 g/mol. The minimum absolute atomic E-state index is 0.0488. The predicted molar refractivity (Wildman–Crippen MR) is 139 cm³/mol. The highest BCUT2D eigenvalue weighted by atomic mass is 32.5. The smallest absolute Gasteiger partial charge is 0.313 e. The van der Waals surface area contributed by atoms with Gasteiger partial charge in [0.05, 0.1) is 24.0 Å². The number of likely N-dealkylation sites (tertiary alicyclic amines) is 1. The van der Waals surface area contributed by atoms with Gasteiger partial charge < -0.3 is 10.4 Å². The Morgan fingerprint density at radius 1 is 1.09 bits per heavy atom. The summed E-state index contributed by atoms with van der Waals surface area (Å²) in [5.74, 6) is -12.0. The maximum Gasteiger partial charge on any atom is 0.313 e. The van der Waals surface area contributed by atoms with Gasteiger partial charge in [0.2, 0.25) is 11.8 Å². The number of carbonyl (C=O) groups is 2. The maximum atomic E-state index is 15.5. The summed E-state index contributed by atoms with van der Waals surface area (Å²) in [6, 6.07) is -5.78. The quantitative estimate of drug-likeness (QED) is 0.266. The second-order valence-corrected chi connectivity index (χ2v) is 13.7. The molecule has 248 valence electrons. The Morgan fingerprint density at radius 3 is 2.27 bits per heavy atom. The summed E-state index contributed by atoms with van der Waals surface area (Å²) >= 11 is 0. The van der Waals surface area contributed by atoms with Crippen LogP contribution >= 0.6 is 10.2 Å². The van der Waals surface area contributed by atoms with Crippen molar-refractivity contribution in [1.82, 2.24) is 15.2 Å². The molecule has 8 nitrogen and oxygen atoms in total. The summed E-state index contributed by atoms with van der Waals surface area (Å²) in [4.78, 5) is 28.8. The third-order valence-electron chi connectivity index (χ3n) is 7.46. The molecule has 0 radical (unpaired) electrons. The van der Waals surface area contributed by atoms with Gasteiger partial charge in [-0.25, -0.2) is 22.0 Å². The molecule has 2 N–H and O–H groups in total. The van der Waals surface area contributed by atoms with E-state index < -0.39 is 123 Å². The highest BCUT2D eigenvalue weighted by Crippen LogP contribution is 3.02. The van der Waals surface area contributed by atoms with Gasteiger partial charge in [-0.3, -0.25) is 24.4 Å². The zero-order valence-corrected chi connectivity index (χ0v) is 23.9. The molecular formula is C26H25F10N5O3S. The molecule has 1 aromatic carbocycles. The van der Waals surface area contributed by atoms with Gasteiger partial charge in [0.15, 0.2) is 6.19 Å². The standard InChI is InChI=1S/C26H25F10N5O3S/c1-25(44)9-20(40(12-25)13-37)24(43)41(19-7-18(29)21(8-17(19)28)45(32,33,34,35)36)22(14-6-15(27)11-38-10-14)23(42)39-16-2-4-26(30,31)5-3-16/h6-8,10-11,16,20,22,44H,2-5,9,12H2,1H3,(H,39,42). The monoisotopic (exact) mass is 677 g/mol. The second-order valence-electron chi connectivity index (χ2n) is 11.3. The summed E-state index contributed by atoms with van der Waals surface area (Å²) in [6.07, 6.45) is 0.492. The van der Waals surface area contributed by atoms with Crippen LogP contribution in [0, 0.1) is 28.9 Å². The number of hydrogen-bond donors (Lipinski definition) is 2. The van der Waals surface area contributed by atoms with E-state index in [-0.39, 0.29) is 17.7 Å². The van der Waals surface area contributed by atoms with Gasteiger partial charge in [-0.15, -0.1) is 0 Å². The number of amides is 2. The van der Waals surface area contributed by atoms with E-state index in [4.69, 9.17) is 0 Å². The van der Waals surface area contributed by atoms with E-state index in [1.54, 1.807) is 6.19 Å². The Labute approximate surface area is 249 Å². The molecule has 1 aromatic heterocycles. The van der Waals surface area contributed by atoms with E-state index in [9.17, 15) is 56.9 Å². The largest absolute Gasteiger partial charge is 0.388 e. The fraction of sp³-hybridized carbons (Fsp3) is 0.462. The lowest BCUT2D eigenvalue weighted by atomic mass is 9.91.